The van der Waals surface area contributed by atoms with Crippen molar-refractivity contribution < 1.29 is 18.8 Å². The lowest BCUT2D eigenvalue weighted by Crippen LogP contribution is -2.26. The highest BCUT2D eigenvalue weighted by Crippen LogP contribution is 2.36. The van der Waals surface area contributed by atoms with Crippen LogP contribution in [0.25, 0.3) is 11.3 Å². The molecule has 0 unspecified atom stereocenters. The highest BCUT2D eigenvalue weighted by Gasteiger charge is 2.32. The number of pyridine rings is 1. The molecule has 3 aromatic heterocycles. The van der Waals surface area contributed by atoms with Crippen LogP contribution in [-0.2, 0) is 20.0 Å². The van der Waals surface area contributed by atoms with Gasteiger partial charge in [-0.15, -0.1) is 0 Å². The van der Waals surface area contributed by atoms with Gasteiger partial charge in [-0.25, -0.2) is 9.07 Å². The van der Waals surface area contributed by atoms with E-state index < -0.39 is 22.7 Å². The fraction of sp³-hybridized carbons (Fsp3) is 0.333. The van der Waals surface area contributed by atoms with Gasteiger partial charge in [-0.05, 0) is 58.7 Å². The zero-order valence-corrected chi connectivity index (χ0v) is 22.1. The summed E-state index contributed by atoms with van der Waals surface area (Å²) in [6.07, 6.45) is 0.967. The topological polar surface area (TPSA) is 123 Å². The van der Waals surface area contributed by atoms with E-state index in [0.717, 1.165) is 5.69 Å². The van der Waals surface area contributed by atoms with E-state index in [1.54, 1.807) is 20.0 Å². The van der Waals surface area contributed by atoms with Crippen LogP contribution in [0.15, 0.2) is 41.0 Å². The van der Waals surface area contributed by atoms with Crippen molar-refractivity contribution in [2.24, 2.45) is 7.05 Å². The molecular formula is C24H23BrFN7O4. The molecule has 0 aliphatic carbocycles. The van der Waals surface area contributed by atoms with Crippen molar-refractivity contribution in [1.29, 1.82) is 0 Å². The Kier molecular flexibility index (Phi) is 6.18. The maximum Gasteiger partial charge on any atom is 0.406 e. The van der Waals surface area contributed by atoms with E-state index >= 15 is 0 Å². The second-order valence-electron chi connectivity index (χ2n) is 9.38. The van der Waals surface area contributed by atoms with Gasteiger partial charge in [-0.2, -0.15) is 20.1 Å². The average molecular weight is 572 g/mol. The van der Waals surface area contributed by atoms with Crippen LogP contribution in [-0.4, -0.2) is 40.3 Å². The summed E-state index contributed by atoms with van der Waals surface area (Å²) < 4.78 is 28.7. The van der Waals surface area contributed by atoms with E-state index in [-0.39, 0.29) is 11.4 Å². The summed E-state index contributed by atoms with van der Waals surface area (Å²) in [7, 11) is 1.68. The normalized spacial score (nSPS) is 14.8. The number of fused-ring (bicyclic) bond motifs is 1. The minimum Gasteiger partial charge on any atom is -0.478 e. The van der Waals surface area contributed by atoms with Gasteiger partial charge in [0.1, 0.15) is 23.2 Å². The van der Waals surface area contributed by atoms with Crippen LogP contribution in [0.4, 0.5) is 10.2 Å². The summed E-state index contributed by atoms with van der Waals surface area (Å²) in [5.74, 6) is -0.216. The Morgan fingerprint density at radius 1 is 1.27 bits per heavy atom. The molecule has 1 atom stereocenters. The molecule has 37 heavy (non-hydrogen) atoms. The van der Waals surface area contributed by atoms with E-state index in [1.807, 2.05) is 24.6 Å². The Balaban J connectivity index is 1.49. The molecule has 0 bridgehead atoms. The maximum atomic E-state index is 14.5. The van der Waals surface area contributed by atoms with Crippen molar-refractivity contribution in [2.75, 3.05) is 0 Å². The Bertz CT molecular complexity index is 1490. The first-order valence-corrected chi connectivity index (χ1v) is 12.2. The first-order chi connectivity index (χ1) is 17.5. The first-order valence-electron chi connectivity index (χ1n) is 11.4. The fourth-order valence-corrected chi connectivity index (χ4v) is 4.64. The van der Waals surface area contributed by atoms with Gasteiger partial charge in [-0.3, -0.25) is 0 Å². The lowest BCUT2D eigenvalue weighted by atomic mass is 9.98. The van der Waals surface area contributed by atoms with Crippen molar-refractivity contribution >= 4 is 21.7 Å². The lowest BCUT2D eigenvalue weighted by molar-refractivity contribution is -0.390. The van der Waals surface area contributed by atoms with Crippen LogP contribution in [0.3, 0.4) is 0 Å². The zero-order chi connectivity index (χ0) is 26.5. The lowest BCUT2D eigenvalue weighted by Gasteiger charge is -2.18. The summed E-state index contributed by atoms with van der Waals surface area (Å²) in [5, 5.41) is 25.1. The molecule has 1 aliphatic heterocycles. The van der Waals surface area contributed by atoms with Crippen LogP contribution in [0, 0.1) is 15.9 Å². The standard InChI is InChI=1S/C24H23BrFN7O4/c1-13(36-20-7-14(25)11-27-23(20)33(34)35)17-6-5-15(26)8-18(17)22-19(29-31(4)30-22)9-16-10-21-32(28-16)12-24(2,3)37-21/h5-8,10-11,13H,9,12H2,1-4H3/t13-/m1/s1. The van der Waals surface area contributed by atoms with Crippen LogP contribution in [0.1, 0.15) is 43.8 Å². The number of halogens is 2. The van der Waals surface area contributed by atoms with Gasteiger partial charge in [0.05, 0.1) is 22.4 Å². The van der Waals surface area contributed by atoms with E-state index in [1.165, 1.54) is 29.2 Å². The number of benzene rings is 1. The molecule has 0 saturated carbocycles. The number of hydrogen-bond donors (Lipinski definition) is 0. The molecule has 0 spiro atoms. The minimum absolute atomic E-state index is 0.0167. The van der Waals surface area contributed by atoms with Gasteiger partial charge in [0, 0.05) is 36.7 Å². The van der Waals surface area contributed by atoms with Crippen LogP contribution >= 0.6 is 15.9 Å². The third kappa shape index (κ3) is 5.03. The van der Waals surface area contributed by atoms with Gasteiger partial charge in [0.15, 0.2) is 6.20 Å². The third-order valence-corrected chi connectivity index (χ3v) is 6.26. The average Bonchev–Trinajstić information content (AvgIpc) is 3.42. The van der Waals surface area contributed by atoms with Crippen molar-refractivity contribution in [3.63, 3.8) is 0 Å². The van der Waals surface area contributed by atoms with Gasteiger partial charge >= 0.3 is 5.82 Å². The Morgan fingerprint density at radius 3 is 2.78 bits per heavy atom. The monoisotopic (exact) mass is 571 g/mol. The SMILES string of the molecule is C[C@@H](Oc1cc(Br)cnc1[N+](=O)[O-])c1ccc(F)cc1-c1nn(C)nc1Cc1cc2n(n1)CC(C)(C)O2. The Hall–Kier alpha value is -3.87. The second-order valence-corrected chi connectivity index (χ2v) is 10.3. The molecule has 0 radical (unpaired) electrons. The maximum absolute atomic E-state index is 14.5. The van der Waals surface area contributed by atoms with Crippen LogP contribution in [0.5, 0.6) is 11.6 Å². The predicted molar refractivity (Wildman–Crippen MR) is 134 cm³/mol. The molecule has 4 heterocycles. The number of rotatable bonds is 7. The molecule has 4 aromatic rings. The second kappa shape index (κ2) is 9.21. The van der Waals surface area contributed by atoms with Gasteiger partial charge in [0.25, 0.3) is 0 Å². The summed E-state index contributed by atoms with van der Waals surface area (Å²) in [6, 6.07) is 7.58. The quantitative estimate of drug-likeness (QED) is 0.229. The number of aryl methyl sites for hydroxylation is 1. The highest BCUT2D eigenvalue weighted by atomic mass is 79.9. The molecule has 5 rings (SSSR count). The number of nitro groups is 1. The first kappa shape index (κ1) is 24.8. The molecular weight excluding hydrogens is 549 g/mol. The van der Waals surface area contributed by atoms with E-state index in [0.29, 0.717) is 45.8 Å². The fourth-order valence-electron chi connectivity index (χ4n) is 4.33. The number of nitrogens with zero attached hydrogens (tertiary/aromatic N) is 7. The Morgan fingerprint density at radius 2 is 2.05 bits per heavy atom. The molecule has 11 nitrogen and oxygen atoms in total. The minimum atomic E-state index is -0.702. The van der Waals surface area contributed by atoms with Crippen molar-refractivity contribution in [3.8, 4) is 22.9 Å². The summed E-state index contributed by atoms with van der Waals surface area (Å²) in [6.45, 7) is 6.34. The predicted octanol–water partition coefficient (Wildman–Crippen LogP) is 4.79. The summed E-state index contributed by atoms with van der Waals surface area (Å²) in [4.78, 5) is 16.1. The molecule has 0 amide bonds. The smallest absolute Gasteiger partial charge is 0.406 e. The van der Waals surface area contributed by atoms with Crippen LogP contribution in [0.2, 0.25) is 0 Å². The third-order valence-electron chi connectivity index (χ3n) is 5.82. The van der Waals surface area contributed by atoms with Gasteiger partial charge in [-0.1, -0.05) is 6.07 Å². The number of ether oxygens (including phenoxy) is 2. The van der Waals surface area contributed by atoms with Gasteiger partial charge in [0.2, 0.25) is 11.6 Å². The molecule has 0 saturated heterocycles. The number of aromatic nitrogens is 6. The van der Waals surface area contributed by atoms with Gasteiger partial charge < -0.3 is 19.6 Å². The molecule has 13 heteroatoms. The van der Waals surface area contributed by atoms with E-state index in [2.05, 4.69) is 36.2 Å². The summed E-state index contributed by atoms with van der Waals surface area (Å²) >= 11 is 3.27. The molecule has 0 N–H and O–H groups in total. The largest absolute Gasteiger partial charge is 0.478 e. The Labute approximate surface area is 219 Å². The van der Waals surface area contributed by atoms with Crippen molar-refractivity contribution in [3.05, 3.63) is 73.9 Å². The molecule has 1 aliphatic rings. The molecule has 0 fully saturated rings. The summed E-state index contributed by atoms with van der Waals surface area (Å²) in [5.41, 5.74) is 2.52. The van der Waals surface area contributed by atoms with Crippen molar-refractivity contribution in [1.82, 2.24) is 29.8 Å². The molecule has 1 aromatic carbocycles. The highest BCUT2D eigenvalue weighted by molar-refractivity contribution is 9.10. The van der Waals surface area contributed by atoms with E-state index in [9.17, 15) is 14.5 Å². The number of hydrogen-bond acceptors (Lipinski definition) is 8. The van der Waals surface area contributed by atoms with Crippen molar-refractivity contribution in [2.45, 2.75) is 45.4 Å². The van der Waals surface area contributed by atoms with Crippen LogP contribution < -0.4 is 9.47 Å². The molecule has 192 valence electrons. The van der Waals surface area contributed by atoms with E-state index in [4.69, 9.17) is 9.47 Å². The zero-order valence-electron chi connectivity index (χ0n) is 20.5.